The Hall–Kier alpha value is -2.25. The van der Waals surface area contributed by atoms with Crippen LogP contribution in [0.5, 0.6) is 0 Å². The molecule has 0 radical (unpaired) electrons. The van der Waals surface area contributed by atoms with Crippen LogP contribution < -0.4 is 0 Å². The zero-order valence-corrected chi connectivity index (χ0v) is 20.5. The van der Waals surface area contributed by atoms with E-state index in [0.29, 0.717) is 44.5 Å². The molecule has 2 saturated heterocycles. The van der Waals surface area contributed by atoms with Crippen LogP contribution in [-0.2, 0) is 24.7 Å². The highest BCUT2D eigenvalue weighted by Crippen LogP contribution is 2.43. The van der Waals surface area contributed by atoms with E-state index in [1.165, 1.54) is 4.90 Å². The summed E-state index contributed by atoms with van der Waals surface area (Å²) in [7, 11) is 0. The van der Waals surface area contributed by atoms with Gasteiger partial charge in [-0.1, -0.05) is 49.6 Å². The minimum Gasteiger partial charge on any atom is -0.462 e. The molecule has 1 N–H and O–H groups in total. The van der Waals surface area contributed by atoms with E-state index >= 15 is 0 Å². The van der Waals surface area contributed by atoms with Crippen molar-refractivity contribution < 1.29 is 24.2 Å². The maximum Gasteiger partial charge on any atom is 0.343 e. The number of amides is 2. The summed E-state index contributed by atoms with van der Waals surface area (Å²) in [5.41, 5.74) is -1.58. The molecule has 1 atom stereocenters. The van der Waals surface area contributed by atoms with E-state index in [-0.39, 0.29) is 30.4 Å². The molecule has 1 aliphatic carbocycles. The van der Waals surface area contributed by atoms with Crippen LogP contribution in [0.3, 0.4) is 0 Å². The number of benzene rings is 1. The standard InChI is InChI=1S/C27H38N2O5/c1-20(2)29-23(30)19-26(24(29)31)13-15-28(16-14-26)17-18-34-25(32)27(33,21-9-5-3-6-10-21)22-11-7-4-8-12-22/h3,5-6,9-10,20,22,33H,4,7-8,11-19H2,1-2H3. The van der Waals surface area contributed by atoms with Gasteiger partial charge in [0.2, 0.25) is 11.8 Å². The maximum atomic E-state index is 13.2. The number of hydrogen-bond donors (Lipinski definition) is 1. The molecule has 186 valence electrons. The van der Waals surface area contributed by atoms with Crippen LogP contribution >= 0.6 is 0 Å². The van der Waals surface area contributed by atoms with Crippen molar-refractivity contribution >= 4 is 17.8 Å². The average Bonchev–Trinajstić information content (AvgIpc) is 3.09. The first-order valence-corrected chi connectivity index (χ1v) is 12.8. The largest absolute Gasteiger partial charge is 0.462 e. The molecule has 0 aromatic heterocycles. The van der Waals surface area contributed by atoms with E-state index in [9.17, 15) is 19.5 Å². The highest BCUT2D eigenvalue weighted by Gasteiger charge is 2.53. The minimum atomic E-state index is -1.62. The molecule has 0 bridgehead atoms. The lowest BCUT2D eigenvalue weighted by Gasteiger charge is -2.38. The number of carbonyl (C=O) groups excluding carboxylic acids is 3. The SMILES string of the molecule is CC(C)N1C(=O)CC2(CCN(CCOC(=O)C(O)(c3ccccc3)C3CCCCC3)CC2)C1=O. The number of imide groups is 1. The smallest absolute Gasteiger partial charge is 0.343 e. The summed E-state index contributed by atoms with van der Waals surface area (Å²) in [5.74, 6) is -0.798. The molecule has 1 saturated carbocycles. The van der Waals surface area contributed by atoms with Gasteiger partial charge in [0.15, 0.2) is 5.60 Å². The third-order valence-corrected chi connectivity index (χ3v) is 8.12. The predicted molar refractivity (Wildman–Crippen MR) is 128 cm³/mol. The fraction of sp³-hybridized carbons (Fsp3) is 0.667. The number of carbonyl (C=O) groups is 3. The highest BCUT2D eigenvalue weighted by molar-refractivity contribution is 6.06. The van der Waals surface area contributed by atoms with Crippen molar-refractivity contribution in [3.63, 3.8) is 0 Å². The van der Waals surface area contributed by atoms with E-state index in [4.69, 9.17) is 4.74 Å². The highest BCUT2D eigenvalue weighted by atomic mass is 16.5. The van der Waals surface area contributed by atoms with Crippen LogP contribution in [0.4, 0.5) is 0 Å². The number of nitrogens with zero attached hydrogens (tertiary/aromatic N) is 2. The Morgan fingerprint density at radius 1 is 1.12 bits per heavy atom. The van der Waals surface area contributed by atoms with Crippen LogP contribution in [-0.4, -0.2) is 65.0 Å². The monoisotopic (exact) mass is 470 g/mol. The quantitative estimate of drug-likeness (QED) is 0.486. The van der Waals surface area contributed by atoms with Gasteiger partial charge >= 0.3 is 5.97 Å². The molecule has 3 fully saturated rings. The molecule has 1 aromatic rings. The summed E-state index contributed by atoms with van der Waals surface area (Å²) < 4.78 is 5.66. The topological polar surface area (TPSA) is 87.2 Å². The molecule has 2 aliphatic heterocycles. The number of piperidine rings is 1. The predicted octanol–water partition coefficient (Wildman–Crippen LogP) is 3.25. The van der Waals surface area contributed by atoms with Gasteiger partial charge in [-0.15, -0.1) is 0 Å². The molecule has 1 aromatic carbocycles. The number of esters is 1. The van der Waals surface area contributed by atoms with Crippen molar-refractivity contribution in [3.8, 4) is 0 Å². The second kappa shape index (κ2) is 10.2. The van der Waals surface area contributed by atoms with Crippen molar-refractivity contribution in [2.45, 2.75) is 76.9 Å². The summed E-state index contributed by atoms with van der Waals surface area (Å²) in [6.07, 6.45) is 6.38. The number of hydrogen-bond acceptors (Lipinski definition) is 6. The molecule has 1 unspecified atom stereocenters. The summed E-state index contributed by atoms with van der Waals surface area (Å²) in [4.78, 5) is 42.1. The molecule has 7 heteroatoms. The van der Waals surface area contributed by atoms with Gasteiger partial charge in [-0.2, -0.15) is 0 Å². The Morgan fingerprint density at radius 2 is 1.76 bits per heavy atom. The Kier molecular flexibility index (Phi) is 7.43. The lowest BCUT2D eigenvalue weighted by Crippen LogP contribution is -2.48. The Balaban J connectivity index is 1.33. The summed E-state index contributed by atoms with van der Waals surface area (Å²) >= 11 is 0. The van der Waals surface area contributed by atoms with Crippen molar-refractivity contribution in [3.05, 3.63) is 35.9 Å². The molecule has 4 rings (SSSR count). The van der Waals surface area contributed by atoms with E-state index in [1.807, 2.05) is 32.0 Å². The van der Waals surface area contributed by atoms with Crippen LogP contribution in [0.25, 0.3) is 0 Å². The lowest BCUT2D eigenvalue weighted by atomic mass is 9.73. The van der Waals surface area contributed by atoms with Gasteiger partial charge in [0.05, 0.1) is 5.41 Å². The molecule has 1 spiro atoms. The molecule has 2 heterocycles. The first kappa shape index (κ1) is 24.9. The molecular weight excluding hydrogens is 432 g/mol. The molecule has 3 aliphatic rings. The van der Waals surface area contributed by atoms with E-state index < -0.39 is 17.0 Å². The third kappa shape index (κ3) is 4.65. The van der Waals surface area contributed by atoms with Crippen molar-refractivity contribution in [1.29, 1.82) is 0 Å². The first-order chi connectivity index (χ1) is 16.3. The number of aliphatic hydroxyl groups is 1. The molecular formula is C27H38N2O5. The Morgan fingerprint density at radius 3 is 2.35 bits per heavy atom. The zero-order valence-electron chi connectivity index (χ0n) is 20.5. The van der Waals surface area contributed by atoms with Crippen LogP contribution in [0.1, 0.15) is 70.8 Å². The van der Waals surface area contributed by atoms with E-state index in [2.05, 4.69) is 4.90 Å². The van der Waals surface area contributed by atoms with Gasteiger partial charge in [0, 0.05) is 24.9 Å². The second-order valence-electron chi connectivity index (χ2n) is 10.6. The maximum absolute atomic E-state index is 13.2. The van der Waals surface area contributed by atoms with E-state index in [0.717, 1.165) is 32.1 Å². The zero-order chi connectivity index (χ0) is 24.3. The fourth-order valence-corrected chi connectivity index (χ4v) is 6.05. The van der Waals surface area contributed by atoms with Crippen molar-refractivity contribution in [1.82, 2.24) is 9.80 Å². The van der Waals surface area contributed by atoms with Crippen LogP contribution in [0.2, 0.25) is 0 Å². The van der Waals surface area contributed by atoms with Gasteiger partial charge in [0.1, 0.15) is 6.61 Å². The minimum absolute atomic E-state index is 0.0287. The van der Waals surface area contributed by atoms with Gasteiger partial charge in [0.25, 0.3) is 0 Å². The third-order valence-electron chi connectivity index (χ3n) is 8.12. The molecule has 2 amide bonds. The number of ether oxygens (including phenoxy) is 1. The molecule has 7 nitrogen and oxygen atoms in total. The van der Waals surface area contributed by atoms with Gasteiger partial charge in [-0.25, -0.2) is 4.79 Å². The second-order valence-corrected chi connectivity index (χ2v) is 10.6. The van der Waals surface area contributed by atoms with E-state index in [1.54, 1.807) is 12.1 Å². The van der Waals surface area contributed by atoms with Gasteiger partial charge in [-0.05, 0) is 58.2 Å². The lowest BCUT2D eigenvalue weighted by molar-refractivity contribution is -0.176. The summed E-state index contributed by atoms with van der Waals surface area (Å²) in [6, 6.07) is 9.07. The average molecular weight is 471 g/mol. The van der Waals surface area contributed by atoms with Crippen LogP contribution in [0.15, 0.2) is 30.3 Å². The number of rotatable bonds is 7. The van der Waals surface area contributed by atoms with Crippen LogP contribution in [0, 0.1) is 11.3 Å². The fourth-order valence-electron chi connectivity index (χ4n) is 6.05. The Labute approximate surface area is 202 Å². The number of likely N-dealkylation sites (tertiary alicyclic amines) is 2. The normalized spacial score (nSPS) is 23.5. The van der Waals surface area contributed by atoms with Gasteiger partial charge < -0.3 is 9.84 Å². The van der Waals surface area contributed by atoms with Crippen molar-refractivity contribution in [2.75, 3.05) is 26.2 Å². The summed E-state index contributed by atoms with van der Waals surface area (Å²) in [6.45, 7) is 5.87. The summed E-state index contributed by atoms with van der Waals surface area (Å²) in [5, 5.41) is 11.6. The first-order valence-electron chi connectivity index (χ1n) is 12.8. The molecule has 34 heavy (non-hydrogen) atoms. The Bertz CT molecular complexity index is 888. The van der Waals surface area contributed by atoms with Crippen molar-refractivity contribution in [2.24, 2.45) is 11.3 Å². The van der Waals surface area contributed by atoms with Gasteiger partial charge in [-0.3, -0.25) is 19.4 Å².